The molecule has 0 saturated carbocycles. The van der Waals surface area contributed by atoms with Gasteiger partial charge in [-0.25, -0.2) is 4.79 Å². The van der Waals surface area contributed by atoms with E-state index in [2.05, 4.69) is 6.92 Å². The van der Waals surface area contributed by atoms with Gasteiger partial charge in [-0.1, -0.05) is 25.1 Å². The smallest absolute Gasteiger partial charge is 0.339 e. The van der Waals surface area contributed by atoms with Crippen molar-refractivity contribution in [3.05, 3.63) is 51.7 Å². The van der Waals surface area contributed by atoms with Crippen LogP contribution in [0.4, 0.5) is 5.69 Å². The lowest BCUT2D eigenvalue weighted by Crippen LogP contribution is -2.35. The molecule has 1 unspecified atom stereocenters. The number of hydrogen-bond donors (Lipinski definition) is 0. The first-order valence-corrected chi connectivity index (χ1v) is 9.96. The van der Waals surface area contributed by atoms with Gasteiger partial charge in [-0.2, -0.15) is 5.26 Å². The number of rotatable bonds is 6. The minimum absolute atomic E-state index is 0.213. The Morgan fingerprint density at radius 2 is 2.11 bits per heavy atom. The monoisotopic (exact) mass is 382 g/mol. The van der Waals surface area contributed by atoms with Gasteiger partial charge in [-0.3, -0.25) is 4.79 Å². The lowest BCUT2D eigenvalue weighted by Gasteiger charge is -2.22. The number of thiophene rings is 1. The van der Waals surface area contributed by atoms with Crippen LogP contribution >= 0.6 is 11.3 Å². The van der Waals surface area contributed by atoms with E-state index in [9.17, 15) is 9.59 Å². The van der Waals surface area contributed by atoms with Crippen molar-refractivity contribution in [3.63, 3.8) is 0 Å². The molecule has 1 aliphatic carbocycles. The molecule has 27 heavy (non-hydrogen) atoms. The predicted molar refractivity (Wildman–Crippen MR) is 105 cm³/mol. The Bertz CT molecular complexity index is 854. The van der Waals surface area contributed by atoms with Crippen LogP contribution in [0.15, 0.2) is 35.7 Å². The average Bonchev–Trinajstić information content (AvgIpc) is 3.10. The Morgan fingerprint density at radius 1 is 1.33 bits per heavy atom. The first kappa shape index (κ1) is 19.1. The summed E-state index contributed by atoms with van der Waals surface area (Å²) in [6.45, 7) is 2.15. The molecule has 2 aromatic rings. The summed E-state index contributed by atoms with van der Waals surface area (Å²) in [6, 6.07) is 11.2. The van der Waals surface area contributed by atoms with Crippen molar-refractivity contribution in [1.82, 2.24) is 0 Å². The van der Waals surface area contributed by atoms with Gasteiger partial charge in [0.1, 0.15) is 0 Å². The molecule has 0 N–H and O–H groups in total. The van der Waals surface area contributed by atoms with Crippen LogP contribution in [0.5, 0.6) is 0 Å². The van der Waals surface area contributed by atoms with E-state index in [1.54, 1.807) is 23.5 Å². The summed E-state index contributed by atoms with van der Waals surface area (Å²) in [7, 11) is 0. The van der Waals surface area contributed by atoms with E-state index in [4.69, 9.17) is 10.00 Å². The van der Waals surface area contributed by atoms with Crippen LogP contribution in [0, 0.1) is 17.2 Å². The van der Waals surface area contributed by atoms with E-state index in [1.165, 1.54) is 9.78 Å². The molecule has 0 saturated heterocycles. The number of anilines is 1. The van der Waals surface area contributed by atoms with Gasteiger partial charge < -0.3 is 9.64 Å². The molecule has 3 rings (SSSR count). The van der Waals surface area contributed by atoms with E-state index in [-0.39, 0.29) is 25.5 Å². The lowest BCUT2D eigenvalue weighted by atomic mass is 9.88. The third-order valence-corrected chi connectivity index (χ3v) is 5.82. The first-order valence-electron chi connectivity index (χ1n) is 9.09. The fourth-order valence-electron chi connectivity index (χ4n) is 3.30. The minimum atomic E-state index is -0.441. The van der Waals surface area contributed by atoms with E-state index < -0.39 is 5.97 Å². The second-order valence-electron chi connectivity index (χ2n) is 6.76. The van der Waals surface area contributed by atoms with Gasteiger partial charge in [-0.15, -0.1) is 11.3 Å². The van der Waals surface area contributed by atoms with Crippen molar-refractivity contribution in [2.75, 3.05) is 18.1 Å². The Labute approximate surface area is 163 Å². The maximum atomic E-state index is 12.6. The van der Waals surface area contributed by atoms with Crippen LogP contribution in [0.3, 0.4) is 0 Å². The summed E-state index contributed by atoms with van der Waals surface area (Å²) in [5.41, 5.74) is 2.37. The third-order valence-electron chi connectivity index (χ3n) is 4.76. The van der Waals surface area contributed by atoms with Crippen molar-refractivity contribution >= 4 is 28.9 Å². The van der Waals surface area contributed by atoms with Crippen molar-refractivity contribution in [3.8, 4) is 6.07 Å². The highest BCUT2D eigenvalue weighted by Gasteiger charge is 2.25. The van der Waals surface area contributed by atoms with Gasteiger partial charge in [0.15, 0.2) is 6.61 Å². The number of carbonyl (C=O) groups is 2. The quantitative estimate of drug-likeness (QED) is 0.709. The molecular formula is C21H22N2O3S. The molecule has 1 aromatic heterocycles. The van der Waals surface area contributed by atoms with Crippen LogP contribution in [-0.4, -0.2) is 25.0 Å². The maximum absolute atomic E-state index is 12.6. The Balaban J connectivity index is 1.65. The van der Waals surface area contributed by atoms with Crippen LogP contribution < -0.4 is 4.90 Å². The van der Waals surface area contributed by atoms with Crippen LogP contribution in [0.25, 0.3) is 0 Å². The summed E-state index contributed by atoms with van der Waals surface area (Å²) in [5.74, 6) is -0.132. The number of para-hydroxylation sites is 1. The van der Waals surface area contributed by atoms with E-state index in [1.807, 2.05) is 29.6 Å². The largest absolute Gasteiger partial charge is 0.452 e. The summed E-state index contributed by atoms with van der Waals surface area (Å²) in [5, 5.41) is 10.7. The van der Waals surface area contributed by atoms with Crippen molar-refractivity contribution in [2.24, 2.45) is 5.92 Å². The minimum Gasteiger partial charge on any atom is -0.452 e. The molecule has 1 heterocycles. The summed E-state index contributed by atoms with van der Waals surface area (Å²) < 4.78 is 5.32. The number of benzene rings is 1. The standard InChI is InChI=1S/C21H22N2O3S/c1-15-8-9-17-18(14-27-19(17)12-15)21(25)26-13-20(24)23(11-5-10-22)16-6-3-2-4-7-16/h2-4,6-7,14-15H,5,8-9,11-13H2,1H3. The molecular weight excluding hydrogens is 360 g/mol. The van der Waals surface area contributed by atoms with Gasteiger partial charge in [-0.05, 0) is 42.9 Å². The Hall–Kier alpha value is -2.65. The fraction of sp³-hybridized carbons (Fsp3) is 0.381. The first-order chi connectivity index (χ1) is 13.1. The third kappa shape index (κ3) is 4.55. The van der Waals surface area contributed by atoms with Crippen LogP contribution in [0.2, 0.25) is 0 Å². The van der Waals surface area contributed by atoms with Gasteiger partial charge >= 0.3 is 5.97 Å². The Morgan fingerprint density at radius 3 is 2.85 bits per heavy atom. The van der Waals surface area contributed by atoms with Gasteiger partial charge in [0.05, 0.1) is 18.1 Å². The highest BCUT2D eigenvalue weighted by Crippen LogP contribution is 2.33. The summed E-state index contributed by atoms with van der Waals surface area (Å²) in [4.78, 5) is 27.8. The molecule has 0 fully saturated rings. The average molecular weight is 382 g/mol. The van der Waals surface area contributed by atoms with Crippen molar-refractivity contribution in [2.45, 2.75) is 32.6 Å². The normalized spacial score (nSPS) is 15.5. The fourth-order valence-corrected chi connectivity index (χ4v) is 4.53. The number of amides is 1. The van der Waals surface area contributed by atoms with E-state index in [0.717, 1.165) is 24.8 Å². The summed E-state index contributed by atoms with van der Waals surface area (Å²) >= 11 is 1.60. The highest BCUT2D eigenvalue weighted by atomic mass is 32.1. The van der Waals surface area contributed by atoms with Crippen molar-refractivity contribution < 1.29 is 14.3 Å². The number of nitrogens with zero attached hydrogens (tertiary/aromatic N) is 2. The zero-order chi connectivity index (χ0) is 19.2. The van der Waals surface area contributed by atoms with Crippen molar-refractivity contribution in [1.29, 1.82) is 5.26 Å². The number of nitriles is 1. The number of ether oxygens (including phenoxy) is 1. The topological polar surface area (TPSA) is 70.4 Å². The number of esters is 1. The molecule has 6 heteroatoms. The zero-order valence-electron chi connectivity index (χ0n) is 15.3. The highest BCUT2D eigenvalue weighted by molar-refractivity contribution is 7.10. The molecule has 0 bridgehead atoms. The maximum Gasteiger partial charge on any atom is 0.339 e. The van der Waals surface area contributed by atoms with Gasteiger partial charge in [0.25, 0.3) is 5.91 Å². The molecule has 0 spiro atoms. The number of carbonyl (C=O) groups excluding carboxylic acids is 2. The van der Waals surface area contributed by atoms with E-state index >= 15 is 0 Å². The van der Waals surface area contributed by atoms with Crippen LogP contribution in [0.1, 0.15) is 40.6 Å². The number of fused-ring (bicyclic) bond motifs is 1. The number of hydrogen-bond acceptors (Lipinski definition) is 5. The molecule has 1 aromatic carbocycles. The lowest BCUT2D eigenvalue weighted by molar-refractivity contribution is -0.121. The predicted octanol–water partition coefficient (Wildman–Crippen LogP) is 3.98. The zero-order valence-corrected chi connectivity index (χ0v) is 16.1. The van der Waals surface area contributed by atoms with Gasteiger partial charge in [0, 0.05) is 22.5 Å². The summed E-state index contributed by atoms with van der Waals surface area (Å²) in [6.07, 6.45) is 3.17. The van der Waals surface area contributed by atoms with Crippen LogP contribution in [-0.2, 0) is 22.4 Å². The van der Waals surface area contributed by atoms with E-state index in [0.29, 0.717) is 17.2 Å². The molecule has 0 aliphatic heterocycles. The molecule has 140 valence electrons. The molecule has 5 nitrogen and oxygen atoms in total. The Kier molecular flexibility index (Phi) is 6.25. The second kappa shape index (κ2) is 8.83. The molecule has 0 radical (unpaired) electrons. The van der Waals surface area contributed by atoms with Gasteiger partial charge in [0.2, 0.25) is 0 Å². The SMILES string of the molecule is CC1CCc2c(C(=O)OCC(=O)N(CCC#N)c3ccccc3)csc2C1. The second-order valence-corrected chi connectivity index (χ2v) is 7.73. The molecule has 1 amide bonds. The molecule has 1 aliphatic rings. The molecule has 1 atom stereocenters.